The zero-order valence-electron chi connectivity index (χ0n) is 17.3. The number of hydrogen-bond acceptors (Lipinski definition) is 4. The minimum Gasteiger partial charge on any atom is -0.444 e. The van der Waals surface area contributed by atoms with Gasteiger partial charge >= 0.3 is 6.09 Å². The Morgan fingerprint density at radius 1 is 0.967 bits per heavy atom. The largest absolute Gasteiger partial charge is 0.444 e. The molecule has 8 heteroatoms. The van der Waals surface area contributed by atoms with Gasteiger partial charge in [0, 0.05) is 12.2 Å². The Balaban J connectivity index is 1.81. The predicted molar refractivity (Wildman–Crippen MR) is 111 cm³/mol. The molecule has 0 radical (unpaired) electrons. The molecular weight excluding hydrogens is 389 g/mol. The zero-order valence-corrected chi connectivity index (χ0v) is 17.3. The minimum atomic E-state index is -0.677. The van der Waals surface area contributed by atoms with Crippen molar-refractivity contribution in [2.24, 2.45) is 0 Å². The fraction of sp³-hybridized carbons (Fsp3) is 0.318. The lowest BCUT2D eigenvalue weighted by atomic mass is 10.1. The van der Waals surface area contributed by atoms with Crippen molar-refractivity contribution in [2.45, 2.75) is 39.3 Å². The first-order valence-corrected chi connectivity index (χ1v) is 9.48. The summed E-state index contributed by atoms with van der Waals surface area (Å²) in [7, 11) is 0. The van der Waals surface area contributed by atoms with E-state index >= 15 is 0 Å². The van der Waals surface area contributed by atoms with Crippen LogP contribution in [0, 0.1) is 5.82 Å². The first-order valence-electron chi connectivity index (χ1n) is 9.48. The molecule has 2 aromatic carbocycles. The number of benzene rings is 2. The summed E-state index contributed by atoms with van der Waals surface area (Å²) in [6.45, 7) is 5.18. The van der Waals surface area contributed by atoms with E-state index in [9.17, 15) is 18.8 Å². The molecule has 0 bridgehead atoms. The van der Waals surface area contributed by atoms with Gasteiger partial charge in [0.2, 0.25) is 11.8 Å². The minimum absolute atomic E-state index is 0.0561. The summed E-state index contributed by atoms with van der Waals surface area (Å²) < 4.78 is 18.7. The van der Waals surface area contributed by atoms with Gasteiger partial charge in [-0.1, -0.05) is 30.3 Å². The molecule has 0 aromatic heterocycles. The van der Waals surface area contributed by atoms with E-state index in [4.69, 9.17) is 4.74 Å². The summed E-state index contributed by atoms with van der Waals surface area (Å²) in [6.07, 6.45) is -0.733. The van der Waals surface area contributed by atoms with Gasteiger partial charge < -0.3 is 20.7 Å². The van der Waals surface area contributed by atoms with Gasteiger partial charge in [0.25, 0.3) is 0 Å². The molecule has 0 unspecified atom stereocenters. The quantitative estimate of drug-likeness (QED) is 0.647. The maximum atomic E-state index is 13.6. The fourth-order valence-corrected chi connectivity index (χ4v) is 2.51. The van der Waals surface area contributed by atoms with E-state index in [2.05, 4.69) is 16.0 Å². The van der Waals surface area contributed by atoms with Gasteiger partial charge in [0.15, 0.2) is 0 Å². The Morgan fingerprint density at radius 2 is 1.70 bits per heavy atom. The summed E-state index contributed by atoms with van der Waals surface area (Å²) in [4.78, 5) is 35.7. The molecule has 2 aromatic rings. The second-order valence-corrected chi connectivity index (χ2v) is 7.65. The van der Waals surface area contributed by atoms with Crippen molar-refractivity contribution < 1.29 is 23.5 Å². The molecule has 0 aliphatic heterocycles. The number of nitrogens with one attached hydrogen (secondary N) is 3. The van der Waals surface area contributed by atoms with Crippen LogP contribution in [-0.2, 0) is 27.3 Å². The molecule has 0 fully saturated rings. The smallest absolute Gasteiger partial charge is 0.408 e. The van der Waals surface area contributed by atoms with Crippen LogP contribution >= 0.6 is 0 Å². The Kier molecular flexibility index (Phi) is 7.91. The van der Waals surface area contributed by atoms with Crippen molar-refractivity contribution in [1.82, 2.24) is 10.6 Å². The van der Waals surface area contributed by atoms with Crippen molar-refractivity contribution >= 4 is 23.6 Å². The van der Waals surface area contributed by atoms with Crippen LogP contribution in [0.2, 0.25) is 0 Å². The van der Waals surface area contributed by atoms with Crippen molar-refractivity contribution in [3.63, 3.8) is 0 Å². The Labute approximate surface area is 175 Å². The molecule has 0 saturated heterocycles. The van der Waals surface area contributed by atoms with Gasteiger partial charge in [0.1, 0.15) is 18.0 Å². The topological polar surface area (TPSA) is 96.5 Å². The molecule has 0 saturated carbocycles. The molecule has 0 aliphatic carbocycles. The number of carbonyl (C=O) groups excluding carboxylic acids is 3. The van der Waals surface area contributed by atoms with Crippen LogP contribution in [-0.4, -0.2) is 30.1 Å². The molecule has 0 heterocycles. The maximum Gasteiger partial charge on any atom is 0.408 e. The Bertz CT molecular complexity index is 909. The van der Waals surface area contributed by atoms with Crippen molar-refractivity contribution in [2.75, 3.05) is 11.9 Å². The first kappa shape index (κ1) is 22.9. The number of hydrogen-bond donors (Lipinski definition) is 3. The summed E-state index contributed by atoms with van der Waals surface area (Å²) in [5.74, 6) is -1.14. The van der Waals surface area contributed by atoms with Gasteiger partial charge in [-0.2, -0.15) is 0 Å². The molecule has 0 atom stereocenters. The highest BCUT2D eigenvalue weighted by Crippen LogP contribution is 2.11. The van der Waals surface area contributed by atoms with Crippen molar-refractivity contribution in [3.8, 4) is 0 Å². The zero-order chi connectivity index (χ0) is 22.1. The second kappa shape index (κ2) is 10.4. The predicted octanol–water partition coefficient (Wildman–Crippen LogP) is 3.15. The molecule has 3 N–H and O–H groups in total. The third-order valence-electron chi connectivity index (χ3n) is 3.80. The second-order valence-electron chi connectivity index (χ2n) is 7.65. The van der Waals surface area contributed by atoms with Gasteiger partial charge in [-0.15, -0.1) is 0 Å². The van der Waals surface area contributed by atoms with Crippen LogP contribution in [0.1, 0.15) is 31.9 Å². The molecular formula is C22H26FN3O4. The summed E-state index contributed by atoms with van der Waals surface area (Å²) in [5.41, 5.74) is 0.959. The van der Waals surface area contributed by atoms with E-state index < -0.39 is 23.4 Å². The van der Waals surface area contributed by atoms with Crippen LogP contribution in [0.25, 0.3) is 0 Å². The van der Waals surface area contributed by atoms with E-state index in [1.807, 2.05) is 0 Å². The molecule has 3 amide bonds. The summed E-state index contributed by atoms with van der Waals surface area (Å²) in [5, 5.41) is 7.77. The van der Waals surface area contributed by atoms with E-state index in [1.165, 1.54) is 6.07 Å². The summed E-state index contributed by atoms with van der Waals surface area (Å²) in [6, 6.07) is 13.0. The molecule has 30 heavy (non-hydrogen) atoms. The highest BCUT2D eigenvalue weighted by atomic mass is 19.1. The molecule has 0 spiro atoms. The number of anilines is 1. The number of ether oxygens (including phenoxy) is 1. The van der Waals surface area contributed by atoms with Gasteiger partial charge in [0.05, 0.1) is 6.42 Å². The number of rotatable bonds is 7. The molecule has 7 nitrogen and oxygen atoms in total. The SMILES string of the molecule is CC(C)(C)OC(=O)NCC(=O)Nc1cccc(CNC(=O)Cc2ccccc2F)c1. The van der Waals surface area contributed by atoms with E-state index in [0.29, 0.717) is 11.3 Å². The van der Waals surface area contributed by atoms with E-state index in [0.717, 1.165) is 5.56 Å². The number of carbonyl (C=O) groups is 3. The first-order chi connectivity index (χ1) is 14.1. The fourth-order valence-electron chi connectivity index (χ4n) is 2.51. The van der Waals surface area contributed by atoms with Crippen LogP contribution < -0.4 is 16.0 Å². The van der Waals surface area contributed by atoms with Crippen LogP contribution in [0.4, 0.5) is 14.9 Å². The van der Waals surface area contributed by atoms with Crippen molar-refractivity contribution in [1.29, 1.82) is 0 Å². The summed E-state index contributed by atoms with van der Waals surface area (Å²) >= 11 is 0. The normalized spacial score (nSPS) is 10.8. The molecule has 0 aliphatic rings. The number of alkyl carbamates (subject to hydrolysis) is 1. The highest BCUT2D eigenvalue weighted by molar-refractivity contribution is 5.93. The van der Waals surface area contributed by atoms with Crippen LogP contribution in [0.5, 0.6) is 0 Å². The van der Waals surface area contributed by atoms with Crippen LogP contribution in [0.15, 0.2) is 48.5 Å². The standard InChI is InChI=1S/C22H26FN3O4/c1-22(2,3)30-21(29)25-14-20(28)26-17-9-6-7-15(11-17)13-24-19(27)12-16-8-4-5-10-18(16)23/h4-11H,12-14H2,1-3H3,(H,24,27)(H,25,29)(H,26,28). The Morgan fingerprint density at radius 3 is 2.40 bits per heavy atom. The average molecular weight is 415 g/mol. The maximum absolute atomic E-state index is 13.6. The monoisotopic (exact) mass is 415 g/mol. The number of halogens is 1. The van der Waals surface area contributed by atoms with Gasteiger partial charge in [-0.25, -0.2) is 9.18 Å². The van der Waals surface area contributed by atoms with Gasteiger partial charge in [-0.3, -0.25) is 9.59 Å². The Hall–Kier alpha value is -3.42. The van der Waals surface area contributed by atoms with Gasteiger partial charge in [-0.05, 0) is 50.1 Å². The number of amides is 3. The van der Waals surface area contributed by atoms with Crippen molar-refractivity contribution in [3.05, 3.63) is 65.5 Å². The third kappa shape index (κ3) is 8.30. The van der Waals surface area contributed by atoms with E-state index in [1.54, 1.807) is 63.2 Å². The molecule has 2 rings (SSSR count). The van der Waals surface area contributed by atoms with E-state index in [-0.39, 0.29) is 25.4 Å². The van der Waals surface area contributed by atoms with Crippen LogP contribution in [0.3, 0.4) is 0 Å². The highest BCUT2D eigenvalue weighted by Gasteiger charge is 2.16. The lowest BCUT2D eigenvalue weighted by Gasteiger charge is -2.19. The lowest BCUT2D eigenvalue weighted by Crippen LogP contribution is -2.37. The lowest BCUT2D eigenvalue weighted by molar-refractivity contribution is -0.120. The average Bonchev–Trinajstić information content (AvgIpc) is 2.66. The molecule has 160 valence electrons. The third-order valence-corrected chi connectivity index (χ3v) is 3.80.